The third-order valence-corrected chi connectivity index (χ3v) is 2.87. The Balaban J connectivity index is 3.06. The molecular formula is C13H17ClO3. The maximum atomic E-state index is 10.5. The third-order valence-electron chi connectivity index (χ3n) is 2.59. The van der Waals surface area contributed by atoms with E-state index in [-0.39, 0.29) is 12.3 Å². The highest BCUT2D eigenvalue weighted by molar-refractivity contribution is 6.32. The van der Waals surface area contributed by atoms with Crippen LogP contribution in [0.4, 0.5) is 0 Å². The summed E-state index contributed by atoms with van der Waals surface area (Å²) in [6.07, 6.45) is 0.596. The standard InChI is InChI=1S/C13H17ClO3/c1-8(2)10-6-9(4-5-12(15)16)7-11(14)13(10)17-3/h6-8H,4-5H2,1-3H3,(H,15,16). The zero-order valence-electron chi connectivity index (χ0n) is 10.3. The average molecular weight is 257 g/mol. The van der Waals surface area contributed by atoms with E-state index >= 15 is 0 Å². The molecule has 0 atom stereocenters. The maximum Gasteiger partial charge on any atom is 0.303 e. The Kier molecular flexibility index (Phi) is 4.82. The van der Waals surface area contributed by atoms with Gasteiger partial charge < -0.3 is 9.84 Å². The van der Waals surface area contributed by atoms with Crippen LogP contribution in [0.2, 0.25) is 5.02 Å². The number of ether oxygens (including phenoxy) is 1. The van der Waals surface area contributed by atoms with Crippen LogP contribution in [-0.4, -0.2) is 18.2 Å². The van der Waals surface area contributed by atoms with Crippen molar-refractivity contribution < 1.29 is 14.6 Å². The lowest BCUT2D eigenvalue weighted by Crippen LogP contribution is -2.01. The van der Waals surface area contributed by atoms with Crippen LogP contribution in [0.5, 0.6) is 5.75 Å². The number of methoxy groups -OCH3 is 1. The molecule has 0 aliphatic carbocycles. The minimum Gasteiger partial charge on any atom is -0.495 e. The first-order valence-electron chi connectivity index (χ1n) is 5.53. The zero-order valence-corrected chi connectivity index (χ0v) is 11.0. The van der Waals surface area contributed by atoms with E-state index in [4.69, 9.17) is 21.4 Å². The van der Waals surface area contributed by atoms with Gasteiger partial charge in [0.25, 0.3) is 0 Å². The molecule has 0 saturated heterocycles. The predicted molar refractivity (Wildman–Crippen MR) is 68.0 cm³/mol. The number of halogens is 1. The normalized spacial score (nSPS) is 10.6. The molecule has 0 spiro atoms. The SMILES string of the molecule is COc1c(Cl)cc(CCC(=O)O)cc1C(C)C. The monoisotopic (exact) mass is 256 g/mol. The summed E-state index contributed by atoms with van der Waals surface area (Å²) in [4.78, 5) is 10.5. The molecule has 1 rings (SSSR count). The predicted octanol–water partition coefficient (Wildman–Crippen LogP) is 3.49. The first-order valence-corrected chi connectivity index (χ1v) is 5.91. The van der Waals surface area contributed by atoms with E-state index < -0.39 is 5.97 Å². The van der Waals surface area contributed by atoms with Crippen LogP contribution < -0.4 is 4.74 Å². The second-order valence-electron chi connectivity index (χ2n) is 4.25. The van der Waals surface area contributed by atoms with Crippen LogP contribution in [0, 0.1) is 0 Å². The Morgan fingerprint density at radius 1 is 1.47 bits per heavy atom. The first-order chi connectivity index (χ1) is 7.95. The Bertz CT molecular complexity index is 413. The fourth-order valence-electron chi connectivity index (χ4n) is 1.71. The number of hydrogen-bond acceptors (Lipinski definition) is 2. The van der Waals surface area contributed by atoms with Crippen LogP contribution >= 0.6 is 11.6 Å². The van der Waals surface area contributed by atoms with Gasteiger partial charge in [-0.05, 0) is 29.5 Å². The van der Waals surface area contributed by atoms with Crippen molar-refractivity contribution in [2.24, 2.45) is 0 Å². The van der Waals surface area contributed by atoms with E-state index in [2.05, 4.69) is 13.8 Å². The van der Waals surface area contributed by atoms with E-state index in [1.165, 1.54) is 0 Å². The van der Waals surface area contributed by atoms with Crippen molar-refractivity contribution in [3.05, 3.63) is 28.3 Å². The molecule has 1 aromatic carbocycles. The molecule has 0 saturated carbocycles. The largest absolute Gasteiger partial charge is 0.495 e. The quantitative estimate of drug-likeness (QED) is 0.877. The fraction of sp³-hybridized carbons (Fsp3) is 0.462. The van der Waals surface area contributed by atoms with Crippen molar-refractivity contribution in [3.63, 3.8) is 0 Å². The fourth-order valence-corrected chi connectivity index (χ4v) is 2.04. The Morgan fingerprint density at radius 3 is 2.59 bits per heavy atom. The summed E-state index contributed by atoms with van der Waals surface area (Å²) < 4.78 is 5.27. The third kappa shape index (κ3) is 3.63. The zero-order chi connectivity index (χ0) is 13.0. The minimum atomic E-state index is -0.803. The number of hydrogen-bond donors (Lipinski definition) is 1. The van der Waals surface area contributed by atoms with Gasteiger partial charge in [0, 0.05) is 6.42 Å². The number of carboxylic acid groups (broad SMARTS) is 1. The van der Waals surface area contributed by atoms with Gasteiger partial charge in [0.1, 0.15) is 5.75 Å². The molecule has 94 valence electrons. The molecule has 17 heavy (non-hydrogen) atoms. The van der Waals surface area contributed by atoms with Crippen LogP contribution in [0.25, 0.3) is 0 Å². The molecule has 0 bridgehead atoms. The first kappa shape index (κ1) is 13.8. The summed E-state index contributed by atoms with van der Waals surface area (Å²) >= 11 is 6.12. The van der Waals surface area contributed by atoms with Crippen molar-refractivity contribution in [1.29, 1.82) is 0 Å². The molecule has 0 aliphatic heterocycles. The van der Waals surface area contributed by atoms with Gasteiger partial charge in [0.2, 0.25) is 0 Å². The van der Waals surface area contributed by atoms with Gasteiger partial charge in [-0.15, -0.1) is 0 Å². The minimum absolute atomic E-state index is 0.111. The van der Waals surface area contributed by atoms with E-state index in [1.807, 2.05) is 6.07 Å². The van der Waals surface area contributed by atoms with Gasteiger partial charge in [0.15, 0.2) is 0 Å². The number of carboxylic acids is 1. The van der Waals surface area contributed by atoms with Gasteiger partial charge in [-0.2, -0.15) is 0 Å². The molecule has 0 amide bonds. The van der Waals surface area contributed by atoms with Gasteiger partial charge in [-0.25, -0.2) is 0 Å². The lowest BCUT2D eigenvalue weighted by atomic mass is 9.97. The van der Waals surface area contributed by atoms with Crippen molar-refractivity contribution >= 4 is 17.6 Å². The lowest BCUT2D eigenvalue weighted by molar-refractivity contribution is -0.136. The van der Waals surface area contributed by atoms with Crippen LogP contribution in [0.3, 0.4) is 0 Å². The lowest BCUT2D eigenvalue weighted by Gasteiger charge is -2.15. The number of rotatable bonds is 5. The molecule has 0 aromatic heterocycles. The van der Waals surface area contributed by atoms with Crippen LogP contribution in [0.1, 0.15) is 37.3 Å². The molecule has 1 aromatic rings. The number of benzene rings is 1. The maximum absolute atomic E-state index is 10.5. The molecule has 3 nitrogen and oxygen atoms in total. The summed E-state index contributed by atoms with van der Waals surface area (Å²) in [5.74, 6) is 0.163. The van der Waals surface area contributed by atoms with Gasteiger partial charge in [-0.1, -0.05) is 31.5 Å². The number of aryl methyl sites for hydroxylation is 1. The molecule has 0 unspecified atom stereocenters. The van der Waals surface area contributed by atoms with E-state index in [0.29, 0.717) is 17.2 Å². The Morgan fingerprint density at radius 2 is 2.12 bits per heavy atom. The molecule has 4 heteroatoms. The highest BCUT2D eigenvalue weighted by atomic mass is 35.5. The number of carbonyl (C=O) groups is 1. The van der Waals surface area contributed by atoms with Crippen molar-refractivity contribution in [1.82, 2.24) is 0 Å². The molecule has 0 heterocycles. The van der Waals surface area contributed by atoms with E-state index in [0.717, 1.165) is 11.1 Å². The average Bonchev–Trinajstić information content (AvgIpc) is 2.25. The summed E-state index contributed by atoms with van der Waals surface area (Å²) in [7, 11) is 1.59. The molecule has 1 N–H and O–H groups in total. The highest BCUT2D eigenvalue weighted by Gasteiger charge is 2.13. The summed E-state index contributed by atoms with van der Waals surface area (Å²) in [5.41, 5.74) is 1.95. The van der Waals surface area contributed by atoms with Gasteiger partial charge in [-0.3, -0.25) is 4.79 Å². The second kappa shape index (κ2) is 5.92. The van der Waals surface area contributed by atoms with Crippen molar-refractivity contribution in [2.75, 3.05) is 7.11 Å². The second-order valence-corrected chi connectivity index (χ2v) is 4.66. The van der Waals surface area contributed by atoms with Crippen molar-refractivity contribution in [3.8, 4) is 5.75 Å². The Hall–Kier alpha value is -1.22. The van der Waals surface area contributed by atoms with Crippen molar-refractivity contribution in [2.45, 2.75) is 32.6 Å². The topological polar surface area (TPSA) is 46.5 Å². The molecule has 0 fully saturated rings. The van der Waals surface area contributed by atoms with Crippen LogP contribution in [0.15, 0.2) is 12.1 Å². The highest BCUT2D eigenvalue weighted by Crippen LogP contribution is 2.35. The smallest absolute Gasteiger partial charge is 0.303 e. The summed E-state index contributed by atoms with van der Waals surface area (Å²) in [6, 6.07) is 3.74. The summed E-state index contributed by atoms with van der Waals surface area (Å²) in [5, 5.41) is 9.21. The van der Waals surface area contributed by atoms with E-state index in [9.17, 15) is 4.79 Å². The number of aliphatic carboxylic acids is 1. The summed E-state index contributed by atoms with van der Waals surface area (Å²) in [6.45, 7) is 4.10. The van der Waals surface area contributed by atoms with Crippen LogP contribution in [-0.2, 0) is 11.2 Å². The van der Waals surface area contributed by atoms with Gasteiger partial charge >= 0.3 is 5.97 Å². The molecule has 0 aliphatic rings. The molecule has 0 radical (unpaired) electrons. The van der Waals surface area contributed by atoms with Gasteiger partial charge in [0.05, 0.1) is 12.1 Å². The molecular weight excluding hydrogens is 240 g/mol. The Labute approximate surface area is 106 Å². The van der Waals surface area contributed by atoms with E-state index in [1.54, 1.807) is 13.2 Å².